The molecule has 78 valence electrons. The van der Waals surface area contributed by atoms with Crippen molar-refractivity contribution in [2.75, 3.05) is 0 Å². The predicted molar refractivity (Wildman–Crippen MR) is 62.8 cm³/mol. The van der Waals surface area contributed by atoms with Crippen LogP contribution in [0.25, 0.3) is 0 Å². The van der Waals surface area contributed by atoms with Gasteiger partial charge in [-0.3, -0.25) is 15.1 Å². The van der Waals surface area contributed by atoms with Gasteiger partial charge in [0.25, 0.3) is 5.91 Å². The lowest BCUT2D eigenvalue weighted by Crippen LogP contribution is -2.22. The lowest BCUT2D eigenvalue weighted by atomic mass is 10.3. The second-order valence-corrected chi connectivity index (χ2v) is 8.95. The topological polar surface area (TPSA) is 42.0 Å². The highest BCUT2D eigenvalue weighted by atomic mass is 28.3. The van der Waals surface area contributed by atoms with Gasteiger partial charge in [-0.25, -0.2) is 0 Å². The molecule has 0 radical (unpaired) electrons. The van der Waals surface area contributed by atoms with E-state index in [-0.39, 0.29) is 5.91 Å². The molecule has 0 bridgehead atoms. The number of carbonyl (C=O) groups excluding carboxylic acids is 1. The molecule has 1 aromatic heterocycles. The summed E-state index contributed by atoms with van der Waals surface area (Å²) in [5.41, 5.74) is 3.59. The summed E-state index contributed by atoms with van der Waals surface area (Å²) < 4.78 is 0. The summed E-state index contributed by atoms with van der Waals surface area (Å²) in [5.74, 6) is -0.200. The first-order chi connectivity index (χ1) is 6.99. The second kappa shape index (κ2) is 4.76. The molecule has 0 aliphatic heterocycles. The maximum absolute atomic E-state index is 11.5. The Bertz CT molecular complexity index is 398. The zero-order valence-electron chi connectivity index (χ0n) is 9.16. The molecule has 0 saturated carbocycles. The molecule has 0 aromatic carbocycles. The molecule has 0 fully saturated rings. The minimum Gasteiger partial charge on any atom is -0.281 e. The number of aromatic nitrogens is 1. The Labute approximate surface area is 90.9 Å². The van der Waals surface area contributed by atoms with Crippen molar-refractivity contribution in [1.82, 2.24) is 10.3 Å². The highest BCUT2D eigenvalue weighted by molar-refractivity contribution is 6.83. The number of carbonyl (C=O) groups is 1. The summed E-state index contributed by atoms with van der Waals surface area (Å²) in [4.78, 5) is 15.4. The van der Waals surface area contributed by atoms with Crippen LogP contribution in [0.3, 0.4) is 0 Å². The monoisotopic (exact) mass is 218 g/mol. The summed E-state index contributed by atoms with van der Waals surface area (Å²) in [6.07, 6.45) is 3.15. The summed E-state index contributed by atoms with van der Waals surface area (Å²) in [6.45, 7) is 6.36. The lowest BCUT2D eigenvalue weighted by Gasteiger charge is -2.03. The highest BCUT2D eigenvalue weighted by Gasteiger charge is 2.08. The molecule has 3 nitrogen and oxygen atoms in total. The number of rotatable bonds is 1. The molecule has 15 heavy (non-hydrogen) atoms. The number of nitrogens with zero attached hydrogens (tertiary/aromatic N) is 1. The molecule has 1 aromatic rings. The van der Waals surface area contributed by atoms with Gasteiger partial charge in [0.15, 0.2) is 0 Å². The average molecular weight is 218 g/mol. The first-order valence-electron chi connectivity index (χ1n) is 4.71. The van der Waals surface area contributed by atoms with Crippen LogP contribution >= 0.6 is 0 Å². The van der Waals surface area contributed by atoms with Gasteiger partial charge in [0, 0.05) is 18.4 Å². The van der Waals surface area contributed by atoms with Crippen molar-refractivity contribution in [1.29, 1.82) is 0 Å². The van der Waals surface area contributed by atoms with Gasteiger partial charge in [-0.2, -0.15) is 0 Å². The molecule has 1 rings (SSSR count). The minimum absolute atomic E-state index is 0.200. The Morgan fingerprint density at radius 2 is 2.20 bits per heavy atom. The largest absolute Gasteiger partial charge is 0.281 e. The number of hydrogen-bond donors (Lipinski definition) is 1. The van der Waals surface area contributed by atoms with Crippen LogP contribution in [0.5, 0.6) is 0 Å². The standard InChI is InChI=1S/C11H14N2OSi/c1-15(2,3)8-7-13-11(14)10-5-4-6-12-9-10/h4-6,9H,1-3H3,(H,13,14). The molecular formula is C11H14N2OSi. The van der Waals surface area contributed by atoms with Crippen molar-refractivity contribution in [2.45, 2.75) is 19.6 Å². The molecule has 1 amide bonds. The smallest absolute Gasteiger partial charge is 0.264 e. The molecule has 0 atom stereocenters. The fourth-order valence-electron chi connectivity index (χ4n) is 0.845. The van der Waals surface area contributed by atoms with Gasteiger partial charge in [0.2, 0.25) is 0 Å². The van der Waals surface area contributed by atoms with Gasteiger partial charge < -0.3 is 0 Å². The quantitative estimate of drug-likeness (QED) is 0.442. The number of nitrogens with one attached hydrogen (secondary N) is 1. The Kier molecular flexibility index (Phi) is 3.64. The second-order valence-electron chi connectivity index (χ2n) is 4.20. The molecule has 0 aliphatic rings. The van der Waals surface area contributed by atoms with Crippen LogP contribution < -0.4 is 5.32 Å². The van der Waals surface area contributed by atoms with Crippen molar-refractivity contribution in [3.8, 4) is 11.6 Å². The third-order valence-electron chi connectivity index (χ3n) is 1.54. The van der Waals surface area contributed by atoms with Crippen LogP contribution in [0.15, 0.2) is 24.5 Å². The van der Waals surface area contributed by atoms with Gasteiger partial charge in [-0.1, -0.05) is 19.6 Å². The predicted octanol–water partition coefficient (Wildman–Crippen LogP) is 1.65. The third-order valence-corrected chi connectivity index (χ3v) is 2.41. The van der Waals surface area contributed by atoms with Crippen molar-refractivity contribution in [2.24, 2.45) is 0 Å². The van der Waals surface area contributed by atoms with Crippen molar-refractivity contribution in [3.05, 3.63) is 30.1 Å². The Morgan fingerprint density at radius 1 is 1.47 bits per heavy atom. The summed E-state index contributed by atoms with van der Waals surface area (Å²) >= 11 is 0. The van der Waals surface area contributed by atoms with E-state index in [0.717, 1.165) is 0 Å². The summed E-state index contributed by atoms with van der Waals surface area (Å²) in [6, 6.07) is 6.14. The Hall–Kier alpha value is -1.60. The Balaban J connectivity index is 2.61. The van der Waals surface area contributed by atoms with Crippen LogP contribution in [0, 0.1) is 11.6 Å². The van der Waals surface area contributed by atoms with Crippen LogP contribution in [-0.2, 0) is 0 Å². The molecule has 0 spiro atoms. The van der Waals surface area contributed by atoms with Crippen LogP contribution in [0.4, 0.5) is 0 Å². The van der Waals surface area contributed by atoms with Crippen LogP contribution in [0.2, 0.25) is 19.6 Å². The molecule has 1 heterocycles. The molecular weight excluding hydrogens is 204 g/mol. The third kappa shape index (κ3) is 4.43. The summed E-state index contributed by atoms with van der Waals surface area (Å²) in [7, 11) is -1.42. The molecule has 0 saturated heterocycles. The van der Waals surface area contributed by atoms with E-state index in [1.165, 1.54) is 6.20 Å². The van der Waals surface area contributed by atoms with Crippen molar-refractivity contribution < 1.29 is 4.79 Å². The van der Waals surface area contributed by atoms with Gasteiger partial charge in [-0.15, -0.1) is 5.54 Å². The molecule has 0 aliphatic carbocycles. The van der Waals surface area contributed by atoms with Gasteiger partial charge in [0.05, 0.1) is 5.56 Å². The first kappa shape index (κ1) is 11.5. The minimum atomic E-state index is -1.42. The normalized spacial score (nSPS) is 10.1. The highest BCUT2D eigenvalue weighted by Crippen LogP contribution is 1.96. The van der Waals surface area contributed by atoms with E-state index in [1.807, 2.05) is 0 Å². The zero-order chi connectivity index (χ0) is 11.3. The zero-order valence-corrected chi connectivity index (χ0v) is 10.2. The summed E-state index contributed by atoms with van der Waals surface area (Å²) in [5, 5.41) is 2.55. The van der Waals surface area contributed by atoms with E-state index >= 15 is 0 Å². The van der Waals surface area contributed by atoms with Crippen molar-refractivity contribution in [3.63, 3.8) is 0 Å². The van der Waals surface area contributed by atoms with E-state index in [4.69, 9.17) is 0 Å². The maximum Gasteiger partial charge on any atom is 0.264 e. The van der Waals surface area contributed by atoms with Crippen LogP contribution in [-0.4, -0.2) is 19.0 Å². The van der Waals surface area contributed by atoms with E-state index in [1.54, 1.807) is 18.3 Å². The molecule has 0 unspecified atom stereocenters. The maximum atomic E-state index is 11.5. The van der Waals surface area contributed by atoms with Crippen molar-refractivity contribution >= 4 is 14.0 Å². The van der Waals surface area contributed by atoms with Gasteiger partial charge in [-0.05, 0) is 12.1 Å². The lowest BCUT2D eigenvalue weighted by molar-refractivity contribution is 0.0973. The average Bonchev–Trinajstić information content (AvgIpc) is 2.17. The Morgan fingerprint density at radius 3 is 2.73 bits per heavy atom. The fraction of sp³-hybridized carbons (Fsp3) is 0.273. The number of amides is 1. The number of hydrogen-bond acceptors (Lipinski definition) is 2. The van der Waals surface area contributed by atoms with Gasteiger partial charge >= 0.3 is 0 Å². The molecule has 4 heteroatoms. The van der Waals surface area contributed by atoms with E-state index < -0.39 is 8.07 Å². The van der Waals surface area contributed by atoms with E-state index in [9.17, 15) is 4.79 Å². The first-order valence-corrected chi connectivity index (χ1v) is 8.21. The van der Waals surface area contributed by atoms with E-state index in [2.05, 4.69) is 41.5 Å². The van der Waals surface area contributed by atoms with Crippen LogP contribution in [0.1, 0.15) is 10.4 Å². The SMILES string of the molecule is C[Si](C)(C)C#CNC(=O)c1cccnc1. The fourth-order valence-corrected chi connectivity index (χ4v) is 1.28. The van der Waals surface area contributed by atoms with Gasteiger partial charge in [0.1, 0.15) is 8.07 Å². The van der Waals surface area contributed by atoms with E-state index in [0.29, 0.717) is 5.56 Å². The number of pyridine rings is 1. The molecule has 1 N–H and O–H groups in total.